The Morgan fingerprint density at radius 3 is 2.70 bits per heavy atom. The number of carbonyl (C=O) groups excluding carboxylic acids is 1. The van der Waals surface area contributed by atoms with Gasteiger partial charge in [-0.25, -0.2) is 4.79 Å². The molecule has 3 aromatic heterocycles. The van der Waals surface area contributed by atoms with Gasteiger partial charge >= 0.3 is 5.63 Å². The van der Waals surface area contributed by atoms with E-state index in [1.807, 2.05) is 0 Å². The molecule has 136 valence electrons. The van der Waals surface area contributed by atoms with E-state index in [-0.39, 0.29) is 17.1 Å². The predicted molar refractivity (Wildman–Crippen MR) is 99.3 cm³/mol. The van der Waals surface area contributed by atoms with Crippen molar-refractivity contribution in [1.29, 1.82) is 0 Å². The van der Waals surface area contributed by atoms with Crippen molar-refractivity contribution in [1.82, 2.24) is 4.57 Å². The molecule has 0 amide bonds. The van der Waals surface area contributed by atoms with E-state index < -0.39 is 11.7 Å². The van der Waals surface area contributed by atoms with Crippen LogP contribution in [0.3, 0.4) is 0 Å². The van der Waals surface area contributed by atoms with Crippen molar-refractivity contribution < 1.29 is 18.7 Å². The van der Waals surface area contributed by atoms with Crippen molar-refractivity contribution in [3.63, 3.8) is 0 Å². The predicted octanol–water partition coefficient (Wildman–Crippen LogP) is 4.04. The molecule has 1 N–H and O–H groups in total. The van der Waals surface area contributed by atoms with Gasteiger partial charge in [-0.05, 0) is 48.9 Å². The van der Waals surface area contributed by atoms with E-state index in [1.165, 1.54) is 19.3 Å². The molecule has 1 unspecified atom stereocenters. The van der Waals surface area contributed by atoms with Crippen LogP contribution < -0.4 is 5.63 Å². The molecule has 0 aliphatic carbocycles. The maximum absolute atomic E-state index is 12.1. The highest BCUT2D eigenvalue weighted by Gasteiger charge is 2.28. The largest absolute Gasteiger partial charge is 0.507 e. The molecular formula is C21H17NO5. The van der Waals surface area contributed by atoms with Crippen LogP contribution in [0.1, 0.15) is 40.3 Å². The molecule has 3 heterocycles. The third-order valence-electron chi connectivity index (χ3n) is 4.64. The smallest absolute Gasteiger partial charge is 0.336 e. The normalized spacial score (nSPS) is 12.4. The molecule has 0 aliphatic rings. The summed E-state index contributed by atoms with van der Waals surface area (Å²) in [5.74, 6) is 0.315. The summed E-state index contributed by atoms with van der Waals surface area (Å²) in [5.41, 5.74) is 1.30. The number of benzene rings is 1. The van der Waals surface area contributed by atoms with E-state index in [0.29, 0.717) is 22.4 Å². The van der Waals surface area contributed by atoms with Crippen molar-refractivity contribution in [3.05, 3.63) is 87.9 Å². The molecule has 27 heavy (non-hydrogen) atoms. The molecule has 4 rings (SSSR count). The van der Waals surface area contributed by atoms with Gasteiger partial charge in [0.05, 0.1) is 17.5 Å². The standard InChI is InChI=1S/C21H17NO5/c1-12-11-18(25)27-21-14(12)7-8-16(24)19(21)20(17-6-4-10-26-17)22-9-3-5-15(22)13(2)23/h3-11,20,24H,1-2H3. The highest BCUT2D eigenvalue weighted by molar-refractivity contribution is 5.93. The maximum Gasteiger partial charge on any atom is 0.336 e. The second kappa shape index (κ2) is 6.32. The number of rotatable bonds is 4. The average molecular weight is 363 g/mol. The highest BCUT2D eigenvalue weighted by atomic mass is 16.4. The fraction of sp³-hybridized carbons (Fsp3) is 0.143. The fourth-order valence-electron chi connectivity index (χ4n) is 3.44. The van der Waals surface area contributed by atoms with Gasteiger partial charge in [0, 0.05) is 24.6 Å². The van der Waals surface area contributed by atoms with Gasteiger partial charge in [-0.1, -0.05) is 0 Å². The number of aromatic hydroxyl groups is 1. The van der Waals surface area contributed by atoms with Gasteiger partial charge < -0.3 is 18.5 Å². The van der Waals surface area contributed by atoms with Gasteiger partial charge in [0.1, 0.15) is 23.1 Å². The number of phenols is 1. The third-order valence-corrected chi connectivity index (χ3v) is 4.64. The van der Waals surface area contributed by atoms with Gasteiger partial charge in [0.2, 0.25) is 0 Å². The number of furan rings is 1. The first-order valence-electron chi connectivity index (χ1n) is 8.45. The van der Waals surface area contributed by atoms with Crippen LogP contribution >= 0.6 is 0 Å². The third kappa shape index (κ3) is 2.75. The molecular weight excluding hydrogens is 346 g/mol. The molecule has 0 radical (unpaired) electrons. The lowest BCUT2D eigenvalue weighted by atomic mass is 9.98. The lowest BCUT2D eigenvalue weighted by molar-refractivity contribution is 0.100. The van der Waals surface area contributed by atoms with Crippen molar-refractivity contribution in [3.8, 4) is 5.75 Å². The van der Waals surface area contributed by atoms with Crippen molar-refractivity contribution in [2.24, 2.45) is 0 Å². The SMILES string of the molecule is CC(=O)c1cccn1C(c1ccco1)c1c(O)ccc2c(C)cc(=O)oc12. The van der Waals surface area contributed by atoms with Crippen LogP contribution in [-0.4, -0.2) is 15.5 Å². The number of aryl methyl sites for hydroxylation is 1. The fourth-order valence-corrected chi connectivity index (χ4v) is 3.44. The Labute approximate surface area is 154 Å². The molecule has 6 heteroatoms. The Balaban J connectivity index is 2.11. The summed E-state index contributed by atoms with van der Waals surface area (Å²) in [7, 11) is 0. The van der Waals surface area contributed by atoms with Crippen molar-refractivity contribution >= 4 is 16.8 Å². The minimum Gasteiger partial charge on any atom is -0.507 e. The van der Waals surface area contributed by atoms with Crippen LogP contribution in [0.15, 0.2) is 68.6 Å². The van der Waals surface area contributed by atoms with E-state index in [2.05, 4.69) is 0 Å². The molecule has 1 atom stereocenters. The molecule has 0 bridgehead atoms. The second-order valence-electron chi connectivity index (χ2n) is 6.40. The van der Waals surface area contributed by atoms with Gasteiger partial charge in [-0.3, -0.25) is 4.79 Å². The first-order valence-corrected chi connectivity index (χ1v) is 8.45. The Bertz CT molecular complexity index is 1200. The number of aromatic nitrogens is 1. The van der Waals surface area contributed by atoms with E-state index in [4.69, 9.17) is 8.83 Å². The van der Waals surface area contributed by atoms with Crippen LogP contribution in [0.25, 0.3) is 11.0 Å². The van der Waals surface area contributed by atoms with Gasteiger partial charge in [0.15, 0.2) is 5.78 Å². The average Bonchev–Trinajstić information content (AvgIpc) is 3.29. The number of phenolic OH excluding ortho intramolecular Hbond substituents is 1. The van der Waals surface area contributed by atoms with E-state index in [9.17, 15) is 14.7 Å². The van der Waals surface area contributed by atoms with E-state index in [0.717, 1.165) is 5.56 Å². The molecule has 0 saturated heterocycles. The summed E-state index contributed by atoms with van der Waals surface area (Å²) in [6.45, 7) is 3.27. The van der Waals surface area contributed by atoms with Crippen molar-refractivity contribution in [2.75, 3.05) is 0 Å². The summed E-state index contributed by atoms with van der Waals surface area (Å²) >= 11 is 0. The Morgan fingerprint density at radius 2 is 2.00 bits per heavy atom. The van der Waals surface area contributed by atoms with Crippen LogP contribution in [0.5, 0.6) is 5.75 Å². The Morgan fingerprint density at radius 1 is 1.19 bits per heavy atom. The number of carbonyl (C=O) groups is 1. The number of Topliss-reactive ketones (excluding diaryl/α,β-unsaturated/α-hetero) is 1. The van der Waals surface area contributed by atoms with Gasteiger partial charge in [0.25, 0.3) is 0 Å². The summed E-state index contributed by atoms with van der Waals surface area (Å²) in [5, 5.41) is 11.4. The minimum absolute atomic E-state index is 0.0548. The number of hydrogen-bond acceptors (Lipinski definition) is 5. The Kier molecular flexibility index (Phi) is 3.96. The van der Waals surface area contributed by atoms with Crippen LogP contribution in [0, 0.1) is 6.92 Å². The van der Waals surface area contributed by atoms with Crippen LogP contribution in [0.4, 0.5) is 0 Å². The lowest BCUT2D eigenvalue weighted by Crippen LogP contribution is -2.16. The monoisotopic (exact) mass is 363 g/mol. The van der Waals surface area contributed by atoms with Crippen molar-refractivity contribution in [2.45, 2.75) is 19.9 Å². The van der Waals surface area contributed by atoms with Crippen LogP contribution in [-0.2, 0) is 0 Å². The summed E-state index contributed by atoms with van der Waals surface area (Å²) < 4.78 is 12.8. The zero-order valence-corrected chi connectivity index (χ0v) is 14.8. The maximum atomic E-state index is 12.1. The molecule has 1 aromatic carbocycles. The lowest BCUT2D eigenvalue weighted by Gasteiger charge is -2.21. The second-order valence-corrected chi connectivity index (χ2v) is 6.40. The summed E-state index contributed by atoms with van der Waals surface area (Å²) in [4.78, 5) is 24.1. The molecule has 0 aliphatic heterocycles. The molecule has 0 spiro atoms. The number of fused-ring (bicyclic) bond motifs is 1. The molecule has 6 nitrogen and oxygen atoms in total. The molecule has 0 saturated carbocycles. The van der Waals surface area contributed by atoms with E-state index in [1.54, 1.807) is 54.1 Å². The van der Waals surface area contributed by atoms with Gasteiger partial charge in [-0.2, -0.15) is 0 Å². The summed E-state index contributed by atoms with van der Waals surface area (Å²) in [6.07, 6.45) is 3.25. The zero-order valence-electron chi connectivity index (χ0n) is 14.8. The number of nitrogens with zero attached hydrogens (tertiary/aromatic N) is 1. The minimum atomic E-state index is -0.678. The Hall–Kier alpha value is -3.54. The quantitative estimate of drug-likeness (QED) is 0.437. The highest BCUT2D eigenvalue weighted by Crippen LogP contribution is 2.39. The first kappa shape index (κ1) is 16.9. The zero-order chi connectivity index (χ0) is 19.1. The van der Waals surface area contributed by atoms with Crippen LogP contribution in [0.2, 0.25) is 0 Å². The number of hydrogen-bond donors (Lipinski definition) is 1. The molecule has 0 fully saturated rings. The van der Waals surface area contributed by atoms with Gasteiger partial charge in [-0.15, -0.1) is 0 Å². The topological polar surface area (TPSA) is 85.6 Å². The summed E-state index contributed by atoms with van der Waals surface area (Å²) in [6, 6.07) is 10.9. The number of ketones is 1. The van der Waals surface area contributed by atoms with E-state index >= 15 is 0 Å². The first-order chi connectivity index (χ1) is 13.0. The molecule has 4 aromatic rings.